The maximum atomic E-state index is 10.6. The molecule has 37 heavy (non-hydrogen) atoms. The molecule has 2 aliphatic rings. The Balaban J connectivity index is 0.000000286. The molecule has 2 aromatic rings. The standard InChI is InChI=1S/C17H21N3O3.2C2HF3O2/c1-12-9-13(19-23-12)10-20-11-15(17-14(20)5-4-8-21-17)22-16-6-2-3-7-18-16;2*3-2(4,5)1(6)7/h2-3,6-7,9,14-15,17H,4-5,8,10-11H2,1H3;2*(H,6,7)/t14-,15-,17+;;/m1../s1. The lowest BCUT2D eigenvalue weighted by Gasteiger charge is -2.31. The second kappa shape index (κ2) is 12.7. The van der Waals surface area contributed by atoms with E-state index in [1.807, 2.05) is 31.2 Å². The number of aryl methyl sites for hydroxylation is 1. The molecule has 4 heterocycles. The van der Waals surface area contributed by atoms with E-state index < -0.39 is 24.3 Å². The smallest absolute Gasteiger partial charge is 0.475 e. The van der Waals surface area contributed by atoms with Gasteiger partial charge in [0.15, 0.2) is 0 Å². The number of halogens is 6. The second-order valence-electron chi connectivity index (χ2n) is 7.83. The highest BCUT2D eigenvalue weighted by Gasteiger charge is 2.45. The highest BCUT2D eigenvalue weighted by atomic mass is 19.4. The molecule has 0 unspecified atom stereocenters. The number of carbonyl (C=O) groups is 2. The van der Waals surface area contributed by atoms with Gasteiger partial charge in [-0.2, -0.15) is 26.3 Å². The number of likely N-dealkylation sites (tertiary alicyclic amines) is 1. The molecule has 0 radical (unpaired) electrons. The van der Waals surface area contributed by atoms with E-state index in [2.05, 4.69) is 15.0 Å². The fourth-order valence-electron chi connectivity index (χ4n) is 3.56. The van der Waals surface area contributed by atoms with Crippen molar-refractivity contribution in [3.05, 3.63) is 41.9 Å². The van der Waals surface area contributed by atoms with E-state index in [0.29, 0.717) is 11.9 Å². The minimum atomic E-state index is -5.08. The molecule has 2 saturated heterocycles. The Kier molecular flexibility index (Phi) is 10.2. The average Bonchev–Trinajstić information content (AvgIpc) is 3.37. The number of alkyl halides is 6. The molecule has 3 atom stereocenters. The second-order valence-corrected chi connectivity index (χ2v) is 7.83. The summed E-state index contributed by atoms with van der Waals surface area (Å²) in [5.74, 6) is -4.01. The summed E-state index contributed by atoms with van der Waals surface area (Å²) < 4.78 is 80.8. The molecular formula is C21H23F6N3O7. The highest BCUT2D eigenvalue weighted by Crippen LogP contribution is 2.32. The van der Waals surface area contributed by atoms with Crippen LogP contribution >= 0.6 is 0 Å². The molecule has 0 bridgehead atoms. The molecule has 4 rings (SSSR count). The van der Waals surface area contributed by atoms with E-state index in [9.17, 15) is 26.3 Å². The summed E-state index contributed by atoms with van der Waals surface area (Å²) >= 11 is 0. The minimum Gasteiger partial charge on any atom is -0.475 e. The molecule has 2 aliphatic heterocycles. The molecular weight excluding hydrogens is 520 g/mol. The number of aromatic nitrogens is 2. The number of ether oxygens (including phenoxy) is 2. The zero-order valence-corrected chi connectivity index (χ0v) is 19.2. The predicted molar refractivity (Wildman–Crippen MR) is 110 cm³/mol. The third-order valence-electron chi connectivity index (χ3n) is 5.02. The summed E-state index contributed by atoms with van der Waals surface area (Å²) in [4.78, 5) is 24.5. The van der Waals surface area contributed by atoms with Gasteiger partial charge in [-0.3, -0.25) is 4.90 Å². The Bertz CT molecular complexity index is 992. The van der Waals surface area contributed by atoms with Gasteiger partial charge in [-0.1, -0.05) is 11.2 Å². The molecule has 0 aliphatic carbocycles. The summed E-state index contributed by atoms with van der Waals surface area (Å²) in [7, 11) is 0. The maximum Gasteiger partial charge on any atom is 0.490 e. The van der Waals surface area contributed by atoms with Crippen LogP contribution in [-0.2, 0) is 20.9 Å². The molecule has 10 nitrogen and oxygen atoms in total. The molecule has 2 fully saturated rings. The normalized spacial score (nSPS) is 21.5. The van der Waals surface area contributed by atoms with Gasteiger partial charge in [0.1, 0.15) is 18.0 Å². The van der Waals surface area contributed by atoms with Crippen molar-refractivity contribution in [1.29, 1.82) is 0 Å². The lowest BCUT2D eigenvalue weighted by atomic mass is 10.0. The van der Waals surface area contributed by atoms with Crippen molar-refractivity contribution in [2.45, 2.75) is 56.9 Å². The van der Waals surface area contributed by atoms with Crippen molar-refractivity contribution in [3.8, 4) is 5.88 Å². The van der Waals surface area contributed by atoms with Crippen molar-refractivity contribution in [2.24, 2.45) is 0 Å². The Morgan fingerprint density at radius 3 is 2.24 bits per heavy atom. The minimum absolute atomic E-state index is 0.00296. The number of pyridine rings is 1. The van der Waals surface area contributed by atoms with E-state index in [1.165, 1.54) is 0 Å². The van der Waals surface area contributed by atoms with Crippen LogP contribution in [0.3, 0.4) is 0 Å². The summed E-state index contributed by atoms with van der Waals surface area (Å²) in [6.45, 7) is 4.31. The molecule has 0 spiro atoms. The van der Waals surface area contributed by atoms with E-state index in [0.717, 1.165) is 44.0 Å². The van der Waals surface area contributed by atoms with Crippen LogP contribution in [0.25, 0.3) is 0 Å². The fourth-order valence-corrected chi connectivity index (χ4v) is 3.56. The molecule has 2 aromatic heterocycles. The van der Waals surface area contributed by atoms with Gasteiger partial charge in [-0.25, -0.2) is 14.6 Å². The number of fused-ring (bicyclic) bond motifs is 1. The van der Waals surface area contributed by atoms with Crippen LogP contribution in [0.15, 0.2) is 35.0 Å². The lowest BCUT2D eigenvalue weighted by Crippen LogP contribution is -2.42. The first-order valence-corrected chi connectivity index (χ1v) is 10.6. The zero-order chi connectivity index (χ0) is 27.8. The van der Waals surface area contributed by atoms with Gasteiger partial charge in [-0.15, -0.1) is 0 Å². The van der Waals surface area contributed by atoms with Crippen LogP contribution in [0.4, 0.5) is 26.3 Å². The topological polar surface area (TPSA) is 135 Å². The van der Waals surface area contributed by atoms with E-state index in [4.69, 9.17) is 33.8 Å². The molecule has 0 saturated carbocycles. The summed E-state index contributed by atoms with van der Waals surface area (Å²) in [6, 6.07) is 8.08. The SMILES string of the molecule is Cc1cc(CN2C[C@@H](Oc3ccccn3)[C@H]3OCCC[C@H]32)no1.O=C(O)C(F)(F)F.O=C(O)C(F)(F)F. The third-order valence-corrected chi connectivity index (χ3v) is 5.02. The largest absolute Gasteiger partial charge is 0.490 e. The fraction of sp³-hybridized carbons (Fsp3) is 0.524. The average molecular weight is 543 g/mol. The van der Waals surface area contributed by atoms with Crippen LogP contribution in [0.1, 0.15) is 24.3 Å². The van der Waals surface area contributed by atoms with Crippen LogP contribution in [-0.4, -0.2) is 80.9 Å². The quantitative estimate of drug-likeness (QED) is 0.552. The van der Waals surface area contributed by atoms with E-state index in [1.54, 1.807) is 6.20 Å². The first kappa shape index (κ1) is 29.8. The van der Waals surface area contributed by atoms with Gasteiger partial charge < -0.3 is 24.2 Å². The van der Waals surface area contributed by atoms with Crippen LogP contribution in [0.5, 0.6) is 5.88 Å². The van der Waals surface area contributed by atoms with Crippen LogP contribution in [0.2, 0.25) is 0 Å². The number of aliphatic carboxylic acids is 2. The van der Waals surface area contributed by atoms with Crippen molar-refractivity contribution in [1.82, 2.24) is 15.0 Å². The zero-order valence-electron chi connectivity index (χ0n) is 19.2. The van der Waals surface area contributed by atoms with Crippen molar-refractivity contribution in [3.63, 3.8) is 0 Å². The Hall–Kier alpha value is -3.40. The molecule has 16 heteroatoms. The summed E-state index contributed by atoms with van der Waals surface area (Å²) in [5, 5.41) is 18.4. The Morgan fingerprint density at radius 1 is 1.14 bits per heavy atom. The van der Waals surface area contributed by atoms with E-state index >= 15 is 0 Å². The number of carboxylic acid groups (broad SMARTS) is 2. The number of nitrogens with zero attached hydrogens (tertiary/aromatic N) is 3. The van der Waals surface area contributed by atoms with E-state index in [-0.39, 0.29) is 12.2 Å². The lowest BCUT2D eigenvalue weighted by molar-refractivity contribution is -0.193. The predicted octanol–water partition coefficient (Wildman–Crippen LogP) is 3.46. The first-order valence-electron chi connectivity index (χ1n) is 10.6. The molecule has 206 valence electrons. The highest BCUT2D eigenvalue weighted by molar-refractivity contribution is 5.73. The number of hydrogen-bond donors (Lipinski definition) is 2. The maximum absolute atomic E-state index is 10.6. The van der Waals surface area contributed by atoms with Gasteiger partial charge >= 0.3 is 24.3 Å². The molecule has 0 amide bonds. The van der Waals surface area contributed by atoms with Gasteiger partial charge in [0.2, 0.25) is 5.88 Å². The summed E-state index contributed by atoms with van der Waals surface area (Å²) in [5.41, 5.74) is 0.963. The van der Waals surface area contributed by atoms with Crippen molar-refractivity contribution in [2.75, 3.05) is 13.2 Å². The molecule has 0 aromatic carbocycles. The first-order chi connectivity index (χ1) is 17.2. The van der Waals surface area contributed by atoms with Gasteiger partial charge in [0.25, 0.3) is 0 Å². The van der Waals surface area contributed by atoms with Crippen molar-refractivity contribution >= 4 is 11.9 Å². The summed E-state index contributed by atoms with van der Waals surface area (Å²) in [6.07, 6.45) is -6.10. The third kappa shape index (κ3) is 9.53. The number of hydrogen-bond acceptors (Lipinski definition) is 8. The van der Waals surface area contributed by atoms with Crippen LogP contribution in [0, 0.1) is 6.92 Å². The molecule has 2 N–H and O–H groups in total. The van der Waals surface area contributed by atoms with Crippen LogP contribution < -0.4 is 4.74 Å². The number of carboxylic acids is 2. The van der Waals surface area contributed by atoms with Gasteiger partial charge in [0.05, 0.1) is 5.69 Å². The van der Waals surface area contributed by atoms with Crippen molar-refractivity contribution < 1.29 is 60.1 Å². The Morgan fingerprint density at radius 2 is 1.76 bits per heavy atom. The van der Waals surface area contributed by atoms with Gasteiger partial charge in [0, 0.05) is 44.1 Å². The number of rotatable bonds is 4. The Labute approximate surface area is 205 Å². The van der Waals surface area contributed by atoms with Gasteiger partial charge in [-0.05, 0) is 25.8 Å². The monoisotopic (exact) mass is 543 g/mol.